The van der Waals surface area contributed by atoms with Gasteiger partial charge in [0.25, 0.3) is 0 Å². The van der Waals surface area contributed by atoms with Gasteiger partial charge in [0, 0.05) is 13.1 Å². The Morgan fingerprint density at radius 2 is 2.53 bits per heavy atom. The van der Waals surface area contributed by atoms with Crippen molar-refractivity contribution in [2.45, 2.75) is 19.6 Å². The van der Waals surface area contributed by atoms with Crippen LogP contribution >= 0.6 is 0 Å². The van der Waals surface area contributed by atoms with E-state index in [9.17, 15) is 4.79 Å². The molecule has 2 N–H and O–H groups in total. The van der Waals surface area contributed by atoms with E-state index in [1.54, 1.807) is 0 Å². The number of nitrogens with two attached hydrogens (primary N) is 1. The lowest BCUT2D eigenvalue weighted by molar-refractivity contribution is -0.151. The van der Waals surface area contributed by atoms with Crippen molar-refractivity contribution in [1.82, 2.24) is 19.7 Å². The van der Waals surface area contributed by atoms with E-state index < -0.39 is 0 Å². The van der Waals surface area contributed by atoms with Gasteiger partial charge in [0.1, 0.15) is 25.6 Å². The molecule has 0 aromatic carbocycles. The number of rotatable bonds is 5. The molecule has 0 spiro atoms. The molecule has 0 saturated carbocycles. The topological polar surface area (TPSA) is 95.5 Å². The number of hydrogen-bond acceptors (Lipinski definition) is 7. The molecule has 0 bridgehead atoms. The summed E-state index contributed by atoms with van der Waals surface area (Å²) in [5.74, 6) is -0.232. The Labute approximate surface area is 111 Å². The Morgan fingerprint density at radius 3 is 3.21 bits per heavy atom. The summed E-state index contributed by atoms with van der Waals surface area (Å²) in [6.45, 7) is 5.75. The molecule has 0 amide bonds. The molecule has 1 aliphatic heterocycles. The van der Waals surface area contributed by atoms with Crippen LogP contribution in [0.3, 0.4) is 0 Å². The molecule has 8 heteroatoms. The molecule has 0 aliphatic carbocycles. The van der Waals surface area contributed by atoms with Crippen LogP contribution in [-0.2, 0) is 20.8 Å². The fourth-order valence-corrected chi connectivity index (χ4v) is 1.92. The van der Waals surface area contributed by atoms with E-state index >= 15 is 0 Å². The van der Waals surface area contributed by atoms with Gasteiger partial charge in [0.2, 0.25) is 5.95 Å². The van der Waals surface area contributed by atoms with Crippen molar-refractivity contribution in [2.24, 2.45) is 0 Å². The van der Waals surface area contributed by atoms with Crippen molar-refractivity contribution in [2.75, 3.05) is 38.6 Å². The predicted molar refractivity (Wildman–Crippen MR) is 67.2 cm³/mol. The van der Waals surface area contributed by atoms with Gasteiger partial charge >= 0.3 is 5.97 Å². The van der Waals surface area contributed by atoms with Crippen molar-refractivity contribution in [1.29, 1.82) is 0 Å². The number of hydrogen-bond donors (Lipinski definition) is 1. The molecule has 0 radical (unpaired) electrons. The first-order chi connectivity index (χ1) is 9.17. The lowest BCUT2D eigenvalue weighted by Crippen LogP contribution is -2.44. The Balaban J connectivity index is 1.71. The Kier molecular flexibility index (Phi) is 4.69. The summed E-state index contributed by atoms with van der Waals surface area (Å²) in [7, 11) is 0. The summed E-state index contributed by atoms with van der Waals surface area (Å²) >= 11 is 0. The first-order valence-corrected chi connectivity index (χ1v) is 6.32. The summed E-state index contributed by atoms with van der Waals surface area (Å²) in [5, 5.41) is 3.81. The average Bonchev–Trinajstić information content (AvgIpc) is 2.82. The number of nitrogen functional groups attached to an aromatic ring is 1. The van der Waals surface area contributed by atoms with E-state index in [1.165, 1.54) is 11.0 Å². The molecule has 8 nitrogen and oxygen atoms in total. The summed E-state index contributed by atoms with van der Waals surface area (Å²) < 4.78 is 12.1. The smallest absolute Gasteiger partial charge is 0.327 e. The van der Waals surface area contributed by atoms with Crippen LogP contribution < -0.4 is 5.73 Å². The second-order valence-electron chi connectivity index (χ2n) is 4.37. The Bertz CT molecular complexity index is 422. The zero-order chi connectivity index (χ0) is 13.7. The van der Waals surface area contributed by atoms with Gasteiger partial charge in [0.15, 0.2) is 0 Å². The maximum absolute atomic E-state index is 11.6. The molecule has 1 aromatic heterocycles. The average molecular weight is 269 g/mol. The van der Waals surface area contributed by atoms with Gasteiger partial charge in [-0.2, -0.15) is 0 Å². The number of likely N-dealkylation sites (N-methyl/N-ethyl adjacent to an activating group) is 1. The van der Waals surface area contributed by atoms with Gasteiger partial charge in [-0.1, -0.05) is 6.92 Å². The lowest BCUT2D eigenvalue weighted by atomic mass is 10.3. The highest BCUT2D eigenvalue weighted by atomic mass is 16.6. The molecule has 1 unspecified atom stereocenters. The van der Waals surface area contributed by atoms with Crippen molar-refractivity contribution in [3.8, 4) is 0 Å². The minimum absolute atomic E-state index is 0.00835. The fraction of sp³-hybridized carbons (Fsp3) is 0.727. The van der Waals surface area contributed by atoms with Crippen LogP contribution in [0, 0.1) is 0 Å². The second kappa shape index (κ2) is 6.48. The molecule has 2 heterocycles. The number of carbonyl (C=O) groups excluding carboxylic acids is 1. The number of carbonyl (C=O) groups is 1. The second-order valence-corrected chi connectivity index (χ2v) is 4.37. The Morgan fingerprint density at radius 1 is 1.68 bits per heavy atom. The third kappa shape index (κ3) is 4.18. The van der Waals surface area contributed by atoms with Crippen LogP contribution in [0.15, 0.2) is 6.33 Å². The van der Waals surface area contributed by atoms with E-state index in [4.69, 9.17) is 15.2 Å². The fourth-order valence-electron chi connectivity index (χ4n) is 1.92. The van der Waals surface area contributed by atoms with Gasteiger partial charge in [-0.15, -0.1) is 5.10 Å². The monoisotopic (exact) mass is 269 g/mol. The number of anilines is 1. The molecule has 2 rings (SSSR count). The minimum atomic E-state index is -0.373. The number of aromatic nitrogens is 3. The van der Waals surface area contributed by atoms with Crippen molar-refractivity contribution in [3.63, 3.8) is 0 Å². The predicted octanol–water partition coefficient (Wildman–Crippen LogP) is -0.876. The first kappa shape index (κ1) is 13.8. The molecule has 1 fully saturated rings. The van der Waals surface area contributed by atoms with Crippen molar-refractivity contribution in [3.05, 3.63) is 6.33 Å². The number of morpholine rings is 1. The van der Waals surface area contributed by atoms with Gasteiger partial charge < -0.3 is 15.2 Å². The zero-order valence-electron chi connectivity index (χ0n) is 11.0. The minimum Gasteiger partial charge on any atom is -0.461 e. The standard InChI is InChI=1S/C11H19N5O3/c1-2-15-3-4-18-9(5-15)7-19-10(17)6-16-8-13-11(12)14-16/h8-9H,2-7H2,1H3,(H2,12,14). The highest BCUT2D eigenvalue weighted by molar-refractivity contribution is 5.69. The zero-order valence-corrected chi connectivity index (χ0v) is 11.0. The highest BCUT2D eigenvalue weighted by Crippen LogP contribution is 2.05. The quantitative estimate of drug-likeness (QED) is 0.694. The van der Waals surface area contributed by atoms with Gasteiger partial charge in [-0.25, -0.2) is 9.67 Å². The number of esters is 1. The third-order valence-electron chi connectivity index (χ3n) is 2.95. The van der Waals surface area contributed by atoms with Crippen molar-refractivity contribution >= 4 is 11.9 Å². The van der Waals surface area contributed by atoms with Crippen LogP contribution in [0.5, 0.6) is 0 Å². The summed E-state index contributed by atoms with van der Waals surface area (Å²) in [5.41, 5.74) is 5.36. The Hall–Kier alpha value is -1.67. The van der Waals surface area contributed by atoms with E-state index in [0.717, 1.165) is 19.6 Å². The van der Waals surface area contributed by atoms with E-state index in [0.29, 0.717) is 6.61 Å². The normalized spacial score (nSPS) is 20.4. The molecule has 1 atom stereocenters. The molecule has 106 valence electrons. The van der Waals surface area contributed by atoms with Gasteiger partial charge in [-0.3, -0.25) is 9.69 Å². The van der Waals surface area contributed by atoms with Crippen LogP contribution in [-0.4, -0.2) is 64.6 Å². The van der Waals surface area contributed by atoms with Crippen LogP contribution in [0.4, 0.5) is 5.95 Å². The van der Waals surface area contributed by atoms with E-state index in [2.05, 4.69) is 21.9 Å². The lowest BCUT2D eigenvalue weighted by Gasteiger charge is -2.31. The first-order valence-electron chi connectivity index (χ1n) is 6.32. The highest BCUT2D eigenvalue weighted by Gasteiger charge is 2.20. The molecule has 1 saturated heterocycles. The van der Waals surface area contributed by atoms with Crippen LogP contribution in [0.2, 0.25) is 0 Å². The van der Waals surface area contributed by atoms with Gasteiger partial charge in [-0.05, 0) is 6.54 Å². The molecular weight excluding hydrogens is 250 g/mol. The maximum atomic E-state index is 11.6. The summed E-state index contributed by atoms with van der Waals surface area (Å²) in [6, 6.07) is 0. The largest absolute Gasteiger partial charge is 0.461 e. The molecule has 1 aromatic rings. The van der Waals surface area contributed by atoms with Crippen molar-refractivity contribution < 1.29 is 14.3 Å². The SMILES string of the molecule is CCN1CCOC(COC(=O)Cn2cnc(N)n2)C1. The molecule has 19 heavy (non-hydrogen) atoms. The van der Waals surface area contributed by atoms with Gasteiger partial charge in [0.05, 0.1) is 6.61 Å². The number of ether oxygens (including phenoxy) is 2. The van der Waals surface area contributed by atoms with Crippen LogP contribution in [0.1, 0.15) is 6.92 Å². The molecule has 1 aliphatic rings. The third-order valence-corrected chi connectivity index (χ3v) is 2.95. The number of nitrogens with zero attached hydrogens (tertiary/aromatic N) is 4. The summed E-state index contributed by atoms with van der Waals surface area (Å²) in [6.07, 6.45) is 1.34. The van der Waals surface area contributed by atoms with Crippen LogP contribution in [0.25, 0.3) is 0 Å². The van der Waals surface area contributed by atoms with E-state index in [-0.39, 0.29) is 31.2 Å². The molecular formula is C11H19N5O3. The maximum Gasteiger partial charge on any atom is 0.327 e. The summed E-state index contributed by atoms with van der Waals surface area (Å²) in [4.78, 5) is 17.6. The van der Waals surface area contributed by atoms with E-state index in [1.807, 2.05) is 0 Å².